The molecule has 2 aromatic heterocycles. The van der Waals surface area contributed by atoms with Crippen LogP contribution in [-0.4, -0.2) is 19.5 Å². The summed E-state index contributed by atoms with van der Waals surface area (Å²) in [6, 6.07) is 34.7. The van der Waals surface area contributed by atoms with Crippen LogP contribution in [0.5, 0.6) is 0 Å². The van der Waals surface area contributed by atoms with Gasteiger partial charge in [0.25, 0.3) is 0 Å². The molecule has 0 amide bonds. The van der Waals surface area contributed by atoms with E-state index in [1.807, 2.05) is 66.7 Å². The average Bonchev–Trinajstić information content (AvgIpc) is 3.18. The van der Waals surface area contributed by atoms with Crippen molar-refractivity contribution in [3.8, 4) is 28.7 Å². The highest BCUT2D eigenvalue weighted by atomic mass is 79.9. The summed E-state index contributed by atoms with van der Waals surface area (Å²) in [4.78, 5) is 14.7. The minimum absolute atomic E-state index is 0.599. The molecule has 0 fully saturated rings. The van der Waals surface area contributed by atoms with E-state index in [1.54, 1.807) is 0 Å². The molecule has 0 aliphatic heterocycles. The lowest BCUT2D eigenvalue weighted by atomic mass is 10.2. The first-order valence-corrected chi connectivity index (χ1v) is 11.1. The second-order valence-electron chi connectivity index (χ2n) is 7.53. The van der Waals surface area contributed by atoms with Crippen molar-refractivity contribution in [3.05, 3.63) is 108 Å². The average molecular weight is 477 g/mol. The maximum atomic E-state index is 4.93. The van der Waals surface area contributed by atoms with Gasteiger partial charge in [0.05, 0.1) is 11.0 Å². The van der Waals surface area contributed by atoms with Gasteiger partial charge in [-0.1, -0.05) is 101 Å². The van der Waals surface area contributed by atoms with Gasteiger partial charge in [0.1, 0.15) is 0 Å². The molecule has 0 aliphatic carbocycles. The van der Waals surface area contributed by atoms with Gasteiger partial charge >= 0.3 is 0 Å². The molecule has 0 saturated heterocycles. The summed E-state index contributed by atoms with van der Waals surface area (Å²) in [5.41, 5.74) is 4.01. The van der Waals surface area contributed by atoms with E-state index in [0.29, 0.717) is 17.6 Å². The summed E-state index contributed by atoms with van der Waals surface area (Å²) >= 11 is 3.63. The van der Waals surface area contributed by atoms with E-state index in [2.05, 4.69) is 56.9 Å². The molecular weight excluding hydrogens is 460 g/mol. The fraction of sp³-hybridized carbons (Fsp3) is 0. The minimum Gasteiger partial charge on any atom is -0.278 e. The van der Waals surface area contributed by atoms with Crippen LogP contribution in [0.1, 0.15) is 0 Å². The van der Waals surface area contributed by atoms with Crippen molar-refractivity contribution in [2.24, 2.45) is 0 Å². The Bertz CT molecular complexity index is 1520. The number of hydrogen-bond donors (Lipinski definition) is 0. The summed E-state index contributed by atoms with van der Waals surface area (Å²) in [5.74, 6) is 1.90. The number of aromatic nitrogens is 4. The maximum Gasteiger partial charge on any atom is 0.238 e. The van der Waals surface area contributed by atoms with Crippen molar-refractivity contribution >= 4 is 37.7 Å². The van der Waals surface area contributed by atoms with Gasteiger partial charge in [0.15, 0.2) is 11.6 Å². The molecule has 2 heterocycles. The molecule has 6 rings (SSSR count). The highest BCUT2D eigenvalue weighted by Crippen LogP contribution is 2.33. The third-order valence-corrected chi connectivity index (χ3v) is 6.02. The fourth-order valence-corrected chi connectivity index (χ4v) is 4.41. The van der Waals surface area contributed by atoms with Crippen molar-refractivity contribution in [2.75, 3.05) is 0 Å². The minimum atomic E-state index is 0.599. The highest BCUT2D eigenvalue weighted by Gasteiger charge is 2.17. The fourth-order valence-electron chi connectivity index (χ4n) is 4.06. The summed E-state index contributed by atoms with van der Waals surface area (Å²) in [5, 5.41) is 2.32. The Balaban J connectivity index is 1.70. The van der Waals surface area contributed by atoms with Gasteiger partial charge < -0.3 is 0 Å². The SMILES string of the molecule is Brc1ccc2c3ccccc3n(-c3nc(-c4ccccc4)nc(-c4ccccc4)n3)c2c1. The van der Waals surface area contributed by atoms with E-state index in [9.17, 15) is 0 Å². The maximum absolute atomic E-state index is 4.93. The number of hydrogen-bond acceptors (Lipinski definition) is 3. The number of halogens is 1. The lowest BCUT2D eigenvalue weighted by molar-refractivity contribution is 0.953. The van der Waals surface area contributed by atoms with Crippen LogP contribution in [0, 0.1) is 0 Å². The van der Waals surface area contributed by atoms with Crippen molar-refractivity contribution in [1.82, 2.24) is 19.5 Å². The number of para-hydroxylation sites is 1. The molecule has 0 spiro atoms. The zero-order valence-corrected chi connectivity index (χ0v) is 18.6. The quantitative estimate of drug-likeness (QED) is 0.274. The van der Waals surface area contributed by atoms with Crippen LogP contribution < -0.4 is 0 Å². The highest BCUT2D eigenvalue weighted by molar-refractivity contribution is 9.10. The van der Waals surface area contributed by atoms with Crippen LogP contribution in [0.15, 0.2) is 108 Å². The lowest BCUT2D eigenvalue weighted by Crippen LogP contribution is -2.06. The molecule has 0 radical (unpaired) electrons. The Hall–Kier alpha value is -3.83. The van der Waals surface area contributed by atoms with Gasteiger partial charge in [0, 0.05) is 26.4 Å². The summed E-state index contributed by atoms with van der Waals surface area (Å²) < 4.78 is 3.13. The molecule has 6 aromatic rings. The molecule has 0 atom stereocenters. The number of rotatable bonds is 3. The van der Waals surface area contributed by atoms with Gasteiger partial charge in [0.2, 0.25) is 5.95 Å². The van der Waals surface area contributed by atoms with E-state index in [4.69, 9.17) is 15.0 Å². The van der Waals surface area contributed by atoms with Crippen molar-refractivity contribution < 1.29 is 0 Å². The van der Waals surface area contributed by atoms with Crippen molar-refractivity contribution in [3.63, 3.8) is 0 Å². The van der Waals surface area contributed by atoms with Gasteiger partial charge in [-0.25, -0.2) is 4.98 Å². The molecule has 0 unspecified atom stereocenters. The first kappa shape index (κ1) is 18.9. The Kier molecular flexibility index (Phi) is 4.55. The van der Waals surface area contributed by atoms with Crippen LogP contribution >= 0.6 is 15.9 Å². The molecule has 152 valence electrons. The monoisotopic (exact) mass is 476 g/mol. The first-order valence-electron chi connectivity index (χ1n) is 10.3. The lowest BCUT2D eigenvalue weighted by Gasteiger charge is -2.10. The second-order valence-corrected chi connectivity index (χ2v) is 8.44. The first-order chi connectivity index (χ1) is 15.8. The van der Waals surface area contributed by atoms with Gasteiger partial charge in [-0.05, 0) is 18.2 Å². The smallest absolute Gasteiger partial charge is 0.238 e. The molecule has 0 N–H and O–H groups in total. The van der Waals surface area contributed by atoms with Crippen LogP contribution in [0.3, 0.4) is 0 Å². The normalized spacial score (nSPS) is 11.3. The standard InChI is InChI=1S/C27H17BrN4/c28-20-15-16-22-21-13-7-8-14-23(21)32(24(22)17-20)27-30-25(18-9-3-1-4-10-18)29-26(31-27)19-11-5-2-6-12-19/h1-17H. The zero-order valence-electron chi connectivity index (χ0n) is 17.0. The van der Waals surface area contributed by atoms with E-state index in [1.165, 1.54) is 0 Å². The molecule has 0 bridgehead atoms. The van der Waals surface area contributed by atoms with Crippen molar-refractivity contribution in [2.45, 2.75) is 0 Å². The number of benzene rings is 4. The molecule has 4 nitrogen and oxygen atoms in total. The predicted octanol–water partition coefficient (Wildman–Crippen LogP) is 7.07. The largest absolute Gasteiger partial charge is 0.278 e. The van der Waals surface area contributed by atoms with Crippen molar-refractivity contribution in [1.29, 1.82) is 0 Å². The summed E-state index contributed by atoms with van der Waals surface area (Å²) in [6.45, 7) is 0. The van der Waals surface area contributed by atoms with E-state index >= 15 is 0 Å². The molecule has 4 aromatic carbocycles. The number of nitrogens with zero attached hydrogens (tertiary/aromatic N) is 4. The van der Waals surface area contributed by atoms with Crippen LogP contribution in [0.25, 0.3) is 50.5 Å². The Morgan fingerprint density at radius 3 is 1.75 bits per heavy atom. The Morgan fingerprint density at radius 2 is 1.09 bits per heavy atom. The Morgan fingerprint density at radius 1 is 0.531 bits per heavy atom. The summed E-state index contributed by atoms with van der Waals surface area (Å²) in [7, 11) is 0. The van der Waals surface area contributed by atoms with Crippen LogP contribution in [-0.2, 0) is 0 Å². The Labute approximate surface area is 193 Å². The van der Waals surface area contributed by atoms with Gasteiger partial charge in [-0.15, -0.1) is 0 Å². The summed E-state index contributed by atoms with van der Waals surface area (Å²) in [6.07, 6.45) is 0. The predicted molar refractivity (Wildman–Crippen MR) is 133 cm³/mol. The topological polar surface area (TPSA) is 43.6 Å². The third-order valence-electron chi connectivity index (χ3n) is 5.52. The van der Waals surface area contributed by atoms with Crippen LogP contribution in [0.4, 0.5) is 0 Å². The third kappa shape index (κ3) is 3.18. The second kappa shape index (κ2) is 7.70. The molecule has 0 aliphatic rings. The van der Waals surface area contributed by atoms with E-state index < -0.39 is 0 Å². The number of fused-ring (bicyclic) bond motifs is 3. The van der Waals surface area contributed by atoms with Gasteiger partial charge in [-0.2, -0.15) is 9.97 Å². The van der Waals surface area contributed by atoms with E-state index in [0.717, 1.165) is 37.4 Å². The van der Waals surface area contributed by atoms with Gasteiger partial charge in [-0.3, -0.25) is 4.57 Å². The molecule has 0 saturated carbocycles. The molecular formula is C27H17BrN4. The molecule has 32 heavy (non-hydrogen) atoms. The van der Waals surface area contributed by atoms with Crippen LogP contribution in [0.2, 0.25) is 0 Å². The molecule has 5 heteroatoms. The van der Waals surface area contributed by atoms with E-state index in [-0.39, 0.29) is 0 Å². The zero-order chi connectivity index (χ0) is 21.5.